The Morgan fingerprint density at radius 1 is 0.333 bits per heavy atom. The van der Waals surface area contributed by atoms with Crippen LogP contribution in [-0.2, 0) is 0 Å². The van der Waals surface area contributed by atoms with Gasteiger partial charge < -0.3 is 8.83 Å². The molecule has 10 rings (SSSR count). The zero-order valence-electron chi connectivity index (χ0n) is 25.6. The Kier molecular flexibility index (Phi) is 5.81. The summed E-state index contributed by atoms with van der Waals surface area (Å²) in [7, 11) is 0. The van der Waals surface area contributed by atoms with Gasteiger partial charge in [0, 0.05) is 38.2 Å². The molecule has 0 saturated heterocycles. The molecule has 0 radical (unpaired) electrons. The number of rotatable bonds is 4. The second-order valence-electron chi connectivity index (χ2n) is 12.0. The molecule has 48 heavy (non-hydrogen) atoms. The molecule has 0 fully saturated rings. The number of benzene rings is 7. The van der Waals surface area contributed by atoms with Gasteiger partial charge in [0.2, 0.25) is 0 Å². The summed E-state index contributed by atoms with van der Waals surface area (Å²) in [6.45, 7) is 0. The molecular formula is C43H25N3O2. The summed E-state index contributed by atoms with van der Waals surface area (Å²) >= 11 is 0. The quantitative estimate of drug-likeness (QED) is 0.197. The average Bonchev–Trinajstić information content (AvgIpc) is 3.71. The van der Waals surface area contributed by atoms with E-state index in [0.717, 1.165) is 71.7 Å². The predicted molar refractivity (Wildman–Crippen MR) is 194 cm³/mol. The molecule has 0 aliphatic heterocycles. The molecule has 0 unspecified atom stereocenters. The van der Waals surface area contributed by atoms with Crippen LogP contribution in [0.5, 0.6) is 0 Å². The lowest BCUT2D eigenvalue weighted by Gasteiger charge is -2.10. The van der Waals surface area contributed by atoms with Gasteiger partial charge in [-0.3, -0.25) is 0 Å². The summed E-state index contributed by atoms with van der Waals surface area (Å²) in [6, 6.07) is 51.7. The minimum Gasteiger partial charge on any atom is -0.456 e. The predicted octanol–water partition coefficient (Wildman–Crippen LogP) is 11.5. The second kappa shape index (κ2) is 10.5. The molecule has 224 valence electrons. The molecule has 0 aliphatic carbocycles. The van der Waals surface area contributed by atoms with E-state index in [1.165, 1.54) is 10.8 Å². The van der Waals surface area contributed by atoms with Gasteiger partial charge in [-0.2, -0.15) is 0 Å². The first-order chi connectivity index (χ1) is 23.7. The van der Waals surface area contributed by atoms with E-state index in [4.69, 9.17) is 23.8 Å². The lowest BCUT2D eigenvalue weighted by atomic mass is 9.97. The zero-order valence-corrected chi connectivity index (χ0v) is 25.6. The van der Waals surface area contributed by atoms with Gasteiger partial charge in [0.25, 0.3) is 0 Å². The highest BCUT2D eigenvalue weighted by molar-refractivity contribution is 6.15. The largest absolute Gasteiger partial charge is 0.456 e. The molecule has 0 aliphatic rings. The molecular weight excluding hydrogens is 590 g/mol. The summed E-state index contributed by atoms with van der Waals surface area (Å²) < 4.78 is 12.4. The molecule has 3 heterocycles. The third kappa shape index (κ3) is 4.29. The molecule has 0 saturated carbocycles. The number of aromatic nitrogens is 3. The van der Waals surface area contributed by atoms with Crippen LogP contribution in [0.3, 0.4) is 0 Å². The van der Waals surface area contributed by atoms with Crippen molar-refractivity contribution in [3.63, 3.8) is 0 Å². The Morgan fingerprint density at radius 3 is 1.73 bits per heavy atom. The maximum atomic E-state index is 6.34. The van der Waals surface area contributed by atoms with Gasteiger partial charge in [-0.1, -0.05) is 109 Å². The van der Waals surface area contributed by atoms with E-state index in [9.17, 15) is 0 Å². The number of hydrogen-bond donors (Lipinski definition) is 0. The van der Waals surface area contributed by atoms with Gasteiger partial charge in [-0.25, -0.2) is 15.0 Å². The third-order valence-corrected chi connectivity index (χ3v) is 9.12. The van der Waals surface area contributed by atoms with Gasteiger partial charge in [-0.05, 0) is 64.4 Å². The number of furan rings is 2. The van der Waals surface area contributed by atoms with Crippen molar-refractivity contribution in [3.05, 3.63) is 152 Å². The van der Waals surface area contributed by atoms with E-state index < -0.39 is 0 Å². The minimum absolute atomic E-state index is 0.608. The van der Waals surface area contributed by atoms with Crippen molar-refractivity contribution in [2.24, 2.45) is 0 Å². The summed E-state index contributed by atoms with van der Waals surface area (Å²) in [6.07, 6.45) is 0. The van der Waals surface area contributed by atoms with E-state index in [1.54, 1.807) is 0 Å². The maximum absolute atomic E-state index is 6.34. The van der Waals surface area contributed by atoms with Crippen LogP contribution in [0.15, 0.2) is 160 Å². The van der Waals surface area contributed by atoms with E-state index in [1.807, 2.05) is 66.7 Å². The van der Waals surface area contributed by atoms with E-state index in [-0.39, 0.29) is 0 Å². The Hall–Kier alpha value is -6.59. The van der Waals surface area contributed by atoms with Crippen LogP contribution >= 0.6 is 0 Å². The smallest absolute Gasteiger partial charge is 0.164 e. The van der Waals surface area contributed by atoms with Crippen molar-refractivity contribution in [3.8, 4) is 45.3 Å². The molecule has 0 atom stereocenters. The lowest BCUT2D eigenvalue weighted by Crippen LogP contribution is -2.00. The normalized spacial score (nSPS) is 11.8. The van der Waals surface area contributed by atoms with Crippen LogP contribution in [0.25, 0.3) is 99.9 Å². The molecule has 3 aromatic heterocycles. The van der Waals surface area contributed by atoms with Crippen molar-refractivity contribution in [1.82, 2.24) is 15.0 Å². The van der Waals surface area contributed by atoms with E-state index in [0.29, 0.717) is 17.5 Å². The average molecular weight is 616 g/mol. The Morgan fingerprint density at radius 2 is 0.917 bits per heavy atom. The zero-order chi connectivity index (χ0) is 31.6. The molecule has 7 aromatic carbocycles. The first kappa shape index (κ1) is 26.6. The van der Waals surface area contributed by atoms with Crippen LogP contribution < -0.4 is 0 Å². The number of fused-ring (bicyclic) bond motifs is 7. The van der Waals surface area contributed by atoms with Crippen molar-refractivity contribution in [1.29, 1.82) is 0 Å². The van der Waals surface area contributed by atoms with Crippen LogP contribution in [-0.4, -0.2) is 15.0 Å². The number of hydrogen-bond acceptors (Lipinski definition) is 5. The highest BCUT2D eigenvalue weighted by Gasteiger charge is 2.17. The fourth-order valence-corrected chi connectivity index (χ4v) is 6.77. The summed E-state index contributed by atoms with van der Waals surface area (Å²) in [5.41, 5.74) is 8.41. The van der Waals surface area contributed by atoms with Gasteiger partial charge >= 0.3 is 0 Å². The monoisotopic (exact) mass is 615 g/mol. The fraction of sp³-hybridized carbons (Fsp3) is 0. The van der Waals surface area contributed by atoms with Crippen molar-refractivity contribution >= 4 is 54.6 Å². The van der Waals surface area contributed by atoms with Crippen molar-refractivity contribution in [2.75, 3.05) is 0 Å². The highest BCUT2D eigenvalue weighted by Crippen LogP contribution is 2.39. The van der Waals surface area contributed by atoms with Crippen LogP contribution in [0.4, 0.5) is 0 Å². The Balaban J connectivity index is 1.10. The first-order valence-electron chi connectivity index (χ1n) is 15.9. The standard InChI is InChI=1S/C43H25N3O2/c1-2-9-27(10-3-1)41-44-42(46-43(45-41)31-21-22-37-34(24-31)33-13-6-7-15-36(33)47-37)28-19-17-26(18-20-28)32-14-8-16-38-40(32)35-23-29-11-4-5-12-30(29)25-39(35)48-38/h1-25H. The lowest BCUT2D eigenvalue weighted by molar-refractivity contribution is 0.669. The highest BCUT2D eigenvalue weighted by atomic mass is 16.3. The SMILES string of the molecule is c1ccc(-c2nc(-c3ccc(-c4cccc5oc6cc7ccccc7cc6c45)cc3)nc(-c3ccc4oc5ccccc5c4c3)n2)cc1. The van der Waals surface area contributed by atoms with Crippen molar-refractivity contribution in [2.45, 2.75) is 0 Å². The van der Waals surface area contributed by atoms with E-state index >= 15 is 0 Å². The number of para-hydroxylation sites is 1. The topological polar surface area (TPSA) is 65.0 Å². The molecule has 0 bridgehead atoms. The molecule has 0 N–H and O–H groups in total. The molecule has 5 nitrogen and oxygen atoms in total. The molecule has 5 heteroatoms. The first-order valence-corrected chi connectivity index (χ1v) is 15.9. The van der Waals surface area contributed by atoms with Gasteiger partial charge in [0.15, 0.2) is 17.5 Å². The van der Waals surface area contributed by atoms with Crippen LogP contribution in [0, 0.1) is 0 Å². The minimum atomic E-state index is 0.608. The van der Waals surface area contributed by atoms with Gasteiger partial charge in [0.1, 0.15) is 22.3 Å². The summed E-state index contributed by atoms with van der Waals surface area (Å²) in [5.74, 6) is 1.84. The number of nitrogens with zero attached hydrogens (tertiary/aromatic N) is 3. The summed E-state index contributed by atoms with van der Waals surface area (Å²) in [4.78, 5) is 14.9. The van der Waals surface area contributed by atoms with Gasteiger partial charge in [-0.15, -0.1) is 0 Å². The Labute approximate surface area is 274 Å². The van der Waals surface area contributed by atoms with Crippen LogP contribution in [0.1, 0.15) is 0 Å². The van der Waals surface area contributed by atoms with Crippen LogP contribution in [0.2, 0.25) is 0 Å². The van der Waals surface area contributed by atoms with Gasteiger partial charge in [0.05, 0.1) is 0 Å². The molecule has 0 amide bonds. The maximum Gasteiger partial charge on any atom is 0.164 e. The second-order valence-corrected chi connectivity index (χ2v) is 12.0. The summed E-state index contributed by atoms with van der Waals surface area (Å²) in [5, 5.41) is 6.68. The third-order valence-electron chi connectivity index (χ3n) is 9.12. The fourth-order valence-electron chi connectivity index (χ4n) is 6.77. The Bertz CT molecular complexity index is 2830. The molecule has 10 aromatic rings. The molecule has 0 spiro atoms. The van der Waals surface area contributed by atoms with Crippen molar-refractivity contribution < 1.29 is 8.83 Å². The van der Waals surface area contributed by atoms with E-state index in [2.05, 4.69) is 84.9 Å².